The van der Waals surface area contributed by atoms with Gasteiger partial charge in [-0.1, -0.05) is 18.2 Å². The molecule has 0 amide bonds. The lowest BCUT2D eigenvalue weighted by Crippen LogP contribution is -1.94. The first-order valence-corrected chi connectivity index (χ1v) is 6.06. The summed E-state index contributed by atoms with van der Waals surface area (Å²) in [5.74, 6) is 0. The highest BCUT2D eigenvalue weighted by atomic mass is 16.5. The van der Waals surface area contributed by atoms with Crippen molar-refractivity contribution < 1.29 is 9.53 Å². The molecule has 0 saturated heterocycles. The van der Waals surface area contributed by atoms with Crippen LogP contribution in [0.4, 0.5) is 0 Å². The molecular formula is C14H18O2. The van der Waals surface area contributed by atoms with Gasteiger partial charge in [-0.05, 0) is 55.2 Å². The van der Waals surface area contributed by atoms with Crippen LogP contribution in [0.5, 0.6) is 0 Å². The van der Waals surface area contributed by atoms with Crippen LogP contribution in [0.15, 0.2) is 18.2 Å². The van der Waals surface area contributed by atoms with Crippen LogP contribution in [0.3, 0.4) is 0 Å². The third-order valence-corrected chi connectivity index (χ3v) is 3.21. The molecule has 0 atom stereocenters. The van der Waals surface area contributed by atoms with Gasteiger partial charge >= 0.3 is 0 Å². The molecule has 0 spiro atoms. The molecule has 0 fully saturated rings. The third kappa shape index (κ3) is 2.84. The monoisotopic (exact) mass is 218 g/mol. The minimum Gasteiger partial charge on any atom is -0.468 e. The SMILES string of the molecule is O=COCCCCc1ccc2c(c1)CCC2. The molecule has 2 heteroatoms. The average Bonchev–Trinajstić information content (AvgIpc) is 2.76. The molecule has 0 saturated carbocycles. The maximum Gasteiger partial charge on any atom is 0.293 e. The lowest BCUT2D eigenvalue weighted by molar-refractivity contribution is -0.128. The van der Waals surface area contributed by atoms with E-state index in [-0.39, 0.29) is 0 Å². The Bertz CT molecular complexity index is 358. The second-order valence-corrected chi connectivity index (χ2v) is 4.38. The number of rotatable bonds is 6. The highest BCUT2D eigenvalue weighted by molar-refractivity contribution is 5.37. The Balaban J connectivity index is 1.79. The molecular weight excluding hydrogens is 200 g/mol. The Kier molecular flexibility index (Phi) is 3.97. The van der Waals surface area contributed by atoms with Crippen LogP contribution in [0, 0.1) is 0 Å². The maximum absolute atomic E-state index is 9.94. The zero-order valence-corrected chi connectivity index (χ0v) is 9.58. The van der Waals surface area contributed by atoms with Crippen molar-refractivity contribution in [1.82, 2.24) is 0 Å². The summed E-state index contributed by atoms with van der Waals surface area (Å²) in [4.78, 5) is 9.94. The lowest BCUT2D eigenvalue weighted by Gasteiger charge is -2.04. The van der Waals surface area contributed by atoms with Gasteiger partial charge in [-0.25, -0.2) is 0 Å². The Morgan fingerprint density at radius 1 is 1.19 bits per heavy atom. The third-order valence-electron chi connectivity index (χ3n) is 3.21. The van der Waals surface area contributed by atoms with Crippen LogP contribution >= 0.6 is 0 Å². The molecule has 2 rings (SSSR count). The smallest absolute Gasteiger partial charge is 0.293 e. The fourth-order valence-corrected chi connectivity index (χ4v) is 2.34. The summed E-state index contributed by atoms with van der Waals surface area (Å²) >= 11 is 0. The van der Waals surface area contributed by atoms with Crippen LogP contribution in [-0.2, 0) is 28.8 Å². The van der Waals surface area contributed by atoms with Gasteiger partial charge in [-0.2, -0.15) is 0 Å². The average molecular weight is 218 g/mol. The Hall–Kier alpha value is -1.31. The summed E-state index contributed by atoms with van der Waals surface area (Å²) in [6, 6.07) is 6.87. The largest absolute Gasteiger partial charge is 0.468 e. The fourth-order valence-electron chi connectivity index (χ4n) is 2.34. The van der Waals surface area contributed by atoms with Gasteiger partial charge in [0.1, 0.15) is 0 Å². The second kappa shape index (κ2) is 5.69. The number of carbonyl (C=O) groups is 1. The van der Waals surface area contributed by atoms with Crippen LogP contribution in [0.1, 0.15) is 36.0 Å². The number of aryl methyl sites for hydroxylation is 3. The van der Waals surface area contributed by atoms with Crippen molar-refractivity contribution >= 4 is 6.47 Å². The first kappa shape index (κ1) is 11.2. The summed E-state index contributed by atoms with van der Waals surface area (Å²) in [7, 11) is 0. The van der Waals surface area contributed by atoms with E-state index >= 15 is 0 Å². The van der Waals surface area contributed by atoms with E-state index in [9.17, 15) is 4.79 Å². The van der Waals surface area contributed by atoms with E-state index in [4.69, 9.17) is 0 Å². The van der Waals surface area contributed by atoms with Gasteiger partial charge in [0.25, 0.3) is 6.47 Å². The van der Waals surface area contributed by atoms with Crippen LogP contribution in [0.2, 0.25) is 0 Å². The minimum atomic E-state index is 0.523. The van der Waals surface area contributed by atoms with Crippen molar-refractivity contribution in [3.63, 3.8) is 0 Å². The summed E-state index contributed by atoms with van der Waals surface area (Å²) in [6.07, 6.45) is 6.95. The first-order chi connectivity index (χ1) is 7.90. The number of fused-ring (bicyclic) bond motifs is 1. The summed E-state index contributed by atoms with van der Waals surface area (Å²) < 4.78 is 4.66. The van der Waals surface area contributed by atoms with Gasteiger partial charge in [0.05, 0.1) is 6.61 Å². The standard InChI is InChI=1S/C14H18O2/c15-11-16-9-2-1-4-12-7-8-13-5-3-6-14(13)10-12/h7-8,10-11H,1-6,9H2. The molecule has 0 radical (unpaired) electrons. The molecule has 86 valence electrons. The van der Waals surface area contributed by atoms with Crippen molar-refractivity contribution in [3.8, 4) is 0 Å². The Morgan fingerprint density at radius 3 is 2.94 bits per heavy atom. The predicted molar refractivity (Wildman–Crippen MR) is 63.4 cm³/mol. The van der Waals surface area contributed by atoms with Crippen LogP contribution < -0.4 is 0 Å². The number of ether oxygens (including phenoxy) is 1. The lowest BCUT2D eigenvalue weighted by atomic mass is 10.0. The molecule has 2 nitrogen and oxygen atoms in total. The number of hydrogen-bond acceptors (Lipinski definition) is 2. The van der Waals surface area contributed by atoms with E-state index in [2.05, 4.69) is 22.9 Å². The van der Waals surface area contributed by atoms with Crippen molar-refractivity contribution in [1.29, 1.82) is 0 Å². The molecule has 1 aliphatic rings. The molecule has 0 unspecified atom stereocenters. The molecule has 1 aromatic rings. The first-order valence-electron chi connectivity index (χ1n) is 6.06. The molecule has 16 heavy (non-hydrogen) atoms. The van der Waals surface area contributed by atoms with Crippen molar-refractivity contribution in [2.45, 2.75) is 38.5 Å². The maximum atomic E-state index is 9.94. The molecule has 0 aromatic heterocycles. The van der Waals surface area contributed by atoms with E-state index in [1.54, 1.807) is 5.56 Å². The topological polar surface area (TPSA) is 26.3 Å². The van der Waals surface area contributed by atoms with Gasteiger partial charge in [-0.15, -0.1) is 0 Å². The molecule has 1 aromatic carbocycles. The van der Waals surface area contributed by atoms with E-state index < -0.39 is 0 Å². The van der Waals surface area contributed by atoms with E-state index in [0.29, 0.717) is 13.1 Å². The molecule has 0 heterocycles. The zero-order valence-electron chi connectivity index (χ0n) is 9.58. The highest BCUT2D eigenvalue weighted by Crippen LogP contribution is 2.23. The van der Waals surface area contributed by atoms with E-state index in [1.807, 2.05) is 0 Å². The molecule has 1 aliphatic carbocycles. The summed E-state index contributed by atoms with van der Waals surface area (Å²) in [6.45, 7) is 1.07. The highest BCUT2D eigenvalue weighted by Gasteiger charge is 2.10. The zero-order chi connectivity index (χ0) is 11.2. The van der Waals surface area contributed by atoms with Gasteiger partial charge in [-0.3, -0.25) is 4.79 Å². The van der Waals surface area contributed by atoms with Gasteiger partial charge < -0.3 is 4.74 Å². The quantitative estimate of drug-likeness (QED) is 0.542. The molecule has 0 aliphatic heterocycles. The summed E-state index contributed by atoms with van der Waals surface area (Å²) in [5, 5.41) is 0. The predicted octanol–water partition coefficient (Wildman–Crippen LogP) is 2.67. The van der Waals surface area contributed by atoms with Crippen molar-refractivity contribution in [2.24, 2.45) is 0 Å². The number of unbranched alkanes of at least 4 members (excludes halogenated alkanes) is 1. The van der Waals surface area contributed by atoms with Crippen LogP contribution in [0.25, 0.3) is 0 Å². The Labute approximate surface area is 96.6 Å². The fraction of sp³-hybridized carbons (Fsp3) is 0.500. The molecule has 0 N–H and O–H groups in total. The van der Waals surface area contributed by atoms with Gasteiger partial charge in [0.2, 0.25) is 0 Å². The number of hydrogen-bond donors (Lipinski definition) is 0. The van der Waals surface area contributed by atoms with Crippen molar-refractivity contribution in [2.75, 3.05) is 6.61 Å². The number of benzene rings is 1. The summed E-state index contributed by atoms with van der Waals surface area (Å²) in [5.41, 5.74) is 4.50. The van der Waals surface area contributed by atoms with E-state index in [0.717, 1.165) is 19.3 Å². The van der Waals surface area contributed by atoms with Gasteiger partial charge in [0, 0.05) is 0 Å². The molecule has 0 bridgehead atoms. The van der Waals surface area contributed by atoms with E-state index in [1.165, 1.54) is 30.4 Å². The number of carbonyl (C=O) groups excluding carboxylic acids is 1. The van der Waals surface area contributed by atoms with Gasteiger partial charge in [0.15, 0.2) is 0 Å². The van der Waals surface area contributed by atoms with Crippen LogP contribution in [-0.4, -0.2) is 13.1 Å². The van der Waals surface area contributed by atoms with Crippen molar-refractivity contribution in [3.05, 3.63) is 34.9 Å². The minimum absolute atomic E-state index is 0.523. The second-order valence-electron chi connectivity index (χ2n) is 4.38. The normalized spacial score (nSPS) is 13.5. The Morgan fingerprint density at radius 2 is 2.06 bits per heavy atom.